The number of ether oxygens (including phenoxy) is 2. The maximum Gasteiger partial charge on any atom is 0.252 e. The number of carbonyl (C=O) groups is 1. The van der Waals surface area contributed by atoms with Gasteiger partial charge >= 0.3 is 0 Å². The predicted octanol–water partition coefficient (Wildman–Crippen LogP) is 3.40. The molecule has 0 aliphatic rings. The van der Waals surface area contributed by atoms with Gasteiger partial charge < -0.3 is 19.7 Å². The van der Waals surface area contributed by atoms with Crippen LogP contribution in [0.3, 0.4) is 0 Å². The van der Waals surface area contributed by atoms with E-state index in [1.54, 1.807) is 37.7 Å². The summed E-state index contributed by atoms with van der Waals surface area (Å²) in [6.07, 6.45) is 0. The summed E-state index contributed by atoms with van der Waals surface area (Å²) in [5.41, 5.74) is 1.78. The van der Waals surface area contributed by atoms with E-state index in [0.29, 0.717) is 23.6 Å². The van der Waals surface area contributed by atoms with Gasteiger partial charge in [-0.25, -0.2) is 0 Å². The molecule has 5 nitrogen and oxygen atoms in total. The molecule has 1 amide bonds. The first-order chi connectivity index (χ1) is 11.5. The molecular weight excluding hydrogens is 439 g/mol. The summed E-state index contributed by atoms with van der Waals surface area (Å²) in [6, 6.07) is 5.74. The predicted molar refractivity (Wildman–Crippen MR) is 105 cm³/mol. The lowest BCUT2D eigenvalue weighted by molar-refractivity contribution is 0.0940. The van der Waals surface area contributed by atoms with E-state index in [0.717, 1.165) is 3.57 Å². The molecule has 1 heterocycles. The molecule has 0 bridgehead atoms. The van der Waals surface area contributed by atoms with Gasteiger partial charge in [0.1, 0.15) is 0 Å². The quantitative estimate of drug-likeness (QED) is 0.644. The van der Waals surface area contributed by atoms with Gasteiger partial charge in [-0.3, -0.25) is 4.79 Å². The Hall–Kier alpha value is -1.32. The lowest BCUT2D eigenvalue weighted by atomic mass is 10.1. The number of hydrogen-bond acceptors (Lipinski definition) is 5. The van der Waals surface area contributed by atoms with Gasteiger partial charge in [0.2, 0.25) is 0 Å². The number of rotatable bonds is 7. The molecule has 0 saturated carbocycles. The van der Waals surface area contributed by atoms with Crippen molar-refractivity contribution in [1.29, 1.82) is 0 Å². The van der Waals surface area contributed by atoms with Gasteiger partial charge in [0.15, 0.2) is 11.5 Å². The molecule has 7 heteroatoms. The highest BCUT2D eigenvalue weighted by Crippen LogP contribution is 2.31. The zero-order valence-electron chi connectivity index (χ0n) is 14.1. The second-order valence-electron chi connectivity index (χ2n) is 5.43. The molecular formula is C17H21IN2O3S. The third kappa shape index (κ3) is 4.40. The molecule has 0 aliphatic carbocycles. The molecule has 0 saturated heterocycles. The van der Waals surface area contributed by atoms with E-state index >= 15 is 0 Å². The molecule has 0 spiro atoms. The van der Waals surface area contributed by atoms with Crippen LogP contribution in [-0.2, 0) is 0 Å². The van der Waals surface area contributed by atoms with Crippen LogP contribution in [0.25, 0.3) is 0 Å². The average molecular weight is 460 g/mol. The van der Waals surface area contributed by atoms with Gasteiger partial charge in [-0.1, -0.05) is 0 Å². The molecule has 130 valence electrons. The number of methoxy groups -OCH3 is 2. The molecule has 2 aromatic rings. The Morgan fingerprint density at radius 2 is 1.96 bits per heavy atom. The molecule has 1 aromatic heterocycles. The summed E-state index contributed by atoms with van der Waals surface area (Å²) < 4.78 is 11.4. The van der Waals surface area contributed by atoms with Crippen molar-refractivity contribution in [3.63, 3.8) is 0 Å². The minimum absolute atomic E-state index is 0.123. The summed E-state index contributed by atoms with van der Waals surface area (Å²) in [5, 5.41) is 7.18. The summed E-state index contributed by atoms with van der Waals surface area (Å²) in [7, 11) is 7.16. The number of hydrogen-bond donors (Lipinski definition) is 1. The topological polar surface area (TPSA) is 50.8 Å². The van der Waals surface area contributed by atoms with Gasteiger partial charge in [-0.2, -0.15) is 11.3 Å². The van der Waals surface area contributed by atoms with E-state index in [1.165, 1.54) is 5.56 Å². The Morgan fingerprint density at radius 1 is 1.29 bits per heavy atom. The maximum atomic E-state index is 12.6. The van der Waals surface area contributed by atoms with Crippen molar-refractivity contribution in [3.8, 4) is 11.5 Å². The van der Waals surface area contributed by atoms with E-state index in [2.05, 4.69) is 44.3 Å². The molecule has 1 unspecified atom stereocenters. The number of benzene rings is 1. The third-order valence-electron chi connectivity index (χ3n) is 3.73. The fourth-order valence-electron chi connectivity index (χ4n) is 2.38. The minimum atomic E-state index is -0.123. The van der Waals surface area contributed by atoms with Crippen LogP contribution in [0.4, 0.5) is 0 Å². The largest absolute Gasteiger partial charge is 0.493 e. The summed E-state index contributed by atoms with van der Waals surface area (Å²) in [6.45, 7) is 0.535. The van der Waals surface area contributed by atoms with Gasteiger partial charge in [0, 0.05) is 10.1 Å². The van der Waals surface area contributed by atoms with Crippen LogP contribution < -0.4 is 14.8 Å². The molecule has 0 radical (unpaired) electrons. The van der Waals surface area contributed by atoms with Gasteiger partial charge in [0.25, 0.3) is 5.91 Å². The Balaban J connectivity index is 2.14. The number of nitrogens with zero attached hydrogens (tertiary/aromatic N) is 1. The Kier molecular flexibility index (Phi) is 6.88. The number of amides is 1. The first-order valence-corrected chi connectivity index (χ1v) is 9.38. The second-order valence-corrected chi connectivity index (χ2v) is 7.38. The first-order valence-electron chi connectivity index (χ1n) is 7.36. The fraction of sp³-hybridized carbons (Fsp3) is 0.353. The monoisotopic (exact) mass is 460 g/mol. The van der Waals surface area contributed by atoms with Crippen molar-refractivity contribution in [1.82, 2.24) is 10.2 Å². The number of halogens is 1. The summed E-state index contributed by atoms with van der Waals surface area (Å²) >= 11 is 3.79. The van der Waals surface area contributed by atoms with Crippen LogP contribution in [0, 0.1) is 3.57 Å². The van der Waals surface area contributed by atoms with Gasteiger partial charge in [-0.05, 0) is 71.2 Å². The van der Waals surface area contributed by atoms with E-state index in [-0.39, 0.29) is 11.9 Å². The molecule has 0 aliphatic heterocycles. The SMILES string of the molecule is COc1cc(I)c(C(=O)NCC(c2ccsc2)N(C)C)cc1OC. The zero-order valence-corrected chi connectivity index (χ0v) is 17.1. The van der Waals surface area contributed by atoms with E-state index in [1.807, 2.05) is 19.5 Å². The second kappa shape index (κ2) is 8.68. The van der Waals surface area contributed by atoms with Crippen LogP contribution in [-0.4, -0.2) is 45.7 Å². The van der Waals surface area contributed by atoms with Crippen LogP contribution in [0.15, 0.2) is 29.0 Å². The number of nitrogens with one attached hydrogen (secondary N) is 1. The maximum absolute atomic E-state index is 12.6. The normalized spacial score (nSPS) is 12.1. The Labute approximate surface area is 160 Å². The van der Waals surface area contributed by atoms with Crippen LogP contribution in [0.5, 0.6) is 11.5 Å². The Morgan fingerprint density at radius 3 is 2.50 bits per heavy atom. The summed E-state index contributed by atoms with van der Waals surface area (Å²) in [5.74, 6) is 1.04. The average Bonchev–Trinajstić information content (AvgIpc) is 3.08. The Bertz CT molecular complexity index is 689. The number of thiophene rings is 1. The van der Waals surface area contributed by atoms with Crippen LogP contribution in [0.2, 0.25) is 0 Å². The minimum Gasteiger partial charge on any atom is -0.493 e. The van der Waals surface area contributed by atoms with E-state index in [4.69, 9.17) is 9.47 Å². The van der Waals surface area contributed by atoms with E-state index in [9.17, 15) is 4.79 Å². The standard InChI is InChI=1S/C17H21IN2O3S/c1-20(2)14(11-5-6-24-10-11)9-19-17(21)12-7-15(22-3)16(23-4)8-13(12)18/h5-8,10,14H,9H2,1-4H3,(H,19,21). The molecule has 1 N–H and O–H groups in total. The molecule has 0 fully saturated rings. The van der Waals surface area contributed by atoms with Crippen molar-refractivity contribution < 1.29 is 14.3 Å². The molecule has 24 heavy (non-hydrogen) atoms. The lowest BCUT2D eigenvalue weighted by Crippen LogP contribution is -2.34. The zero-order chi connectivity index (χ0) is 17.7. The lowest BCUT2D eigenvalue weighted by Gasteiger charge is -2.24. The van der Waals surface area contributed by atoms with Crippen molar-refractivity contribution in [3.05, 3.63) is 43.7 Å². The highest BCUT2D eigenvalue weighted by Gasteiger charge is 2.19. The van der Waals surface area contributed by atoms with Crippen molar-refractivity contribution in [2.45, 2.75) is 6.04 Å². The van der Waals surface area contributed by atoms with Crippen molar-refractivity contribution in [2.24, 2.45) is 0 Å². The summed E-state index contributed by atoms with van der Waals surface area (Å²) in [4.78, 5) is 14.7. The van der Waals surface area contributed by atoms with Crippen LogP contribution >= 0.6 is 33.9 Å². The smallest absolute Gasteiger partial charge is 0.252 e. The van der Waals surface area contributed by atoms with Gasteiger partial charge in [-0.15, -0.1) is 0 Å². The van der Waals surface area contributed by atoms with E-state index < -0.39 is 0 Å². The molecule has 1 atom stereocenters. The third-order valence-corrected chi connectivity index (χ3v) is 5.32. The molecule has 1 aromatic carbocycles. The highest BCUT2D eigenvalue weighted by molar-refractivity contribution is 14.1. The van der Waals surface area contributed by atoms with Crippen LogP contribution in [0.1, 0.15) is 22.0 Å². The van der Waals surface area contributed by atoms with Crippen molar-refractivity contribution in [2.75, 3.05) is 34.9 Å². The molecule has 2 rings (SSSR count). The first kappa shape index (κ1) is 19.0. The number of carbonyl (C=O) groups excluding carboxylic acids is 1. The fourth-order valence-corrected chi connectivity index (χ4v) is 3.77. The van der Waals surface area contributed by atoms with Crippen molar-refractivity contribution >= 4 is 39.8 Å². The number of likely N-dealkylation sites (N-methyl/N-ethyl adjacent to an activating group) is 1. The highest BCUT2D eigenvalue weighted by atomic mass is 127. The van der Waals surface area contributed by atoms with Gasteiger partial charge in [0.05, 0.1) is 25.8 Å².